The highest BCUT2D eigenvalue weighted by Gasteiger charge is 2.05. The van der Waals surface area contributed by atoms with Gasteiger partial charge in [-0.15, -0.1) is 0 Å². The lowest BCUT2D eigenvalue weighted by molar-refractivity contribution is -0.130. The van der Waals surface area contributed by atoms with Crippen LogP contribution in [0.15, 0.2) is 48.5 Å². The van der Waals surface area contributed by atoms with Crippen LogP contribution in [-0.2, 0) is 17.9 Å². The lowest BCUT2D eigenvalue weighted by Crippen LogP contribution is -2.27. The van der Waals surface area contributed by atoms with Crippen LogP contribution >= 0.6 is 0 Å². The number of likely N-dealkylation sites (N-methyl/N-ethyl adjacent to an activating group) is 1. The quantitative estimate of drug-likeness (QED) is 0.849. The van der Waals surface area contributed by atoms with Crippen molar-refractivity contribution >= 4 is 5.91 Å². The molecule has 0 saturated carbocycles. The van der Waals surface area contributed by atoms with E-state index in [1.54, 1.807) is 14.1 Å². The highest BCUT2D eigenvalue weighted by molar-refractivity contribution is 5.77. The summed E-state index contributed by atoms with van der Waals surface area (Å²) in [6.07, 6.45) is 0. The number of ether oxygens (including phenoxy) is 1. The molecular weight excluding hydrogens is 302 g/mol. The van der Waals surface area contributed by atoms with Gasteiger partial charge in [-0.25, -0.2) is 0 Å². The largest absolute Gasteiger partial charge is 0.484 e. The summed E-state index contributed by atoms with van der Waals surface area (Å²) in [6.45, 7) is 1.45. The third-order valence-corrected chi connectivity index (χ3v) is 3.50. The Kier molecular flexibility index (Phi) is 6.35. The van der Waals surface area contributed by atoms with Gasteiger partial charge in [0.25, 0.3) is 5.91 Å². The van der Waals surface area contributed by atoms with Gasteiger partial charge in [0.2, 0.25) is 0 Å². The molecule has 1 N–H and O–H groups in total. The number of rotatable bonds is 7. The molecule has 124 valence electrons. The summed E-state index contributed by atoms with van der Waals surface area (Å²) >= 11 is 0. The third-order valence-electron chi connectivity index (χ3n) is 3.50. The van der Waals surface area contributed by atoms with Gasteiger partial charge in [0.15, 0.2) is 6.61 Å². The Morgan fingerprint density at radius 2 is 1.83 bits per heavy atom. The van der Waals surface area contributed by atoms with E-state index in [-0.39, 0.29) is 12.5 Å². The first-order valence-electron chi connectivity index (χ1n) is 7.70. The molecule has 1 amide bonds. The Bertz CT molecular complexity index is 718. The Hall–Kier alpha value is -2.84. The maximum atomic E-state index is 11.5. The molecule has 24 heavy (non-hydrogen) atoms. The van der Waals surface area contributed by atoms with Crippen molar-refractivity contribution in [2.24, 2.45) is 0 Å². The zero-order valence-corrected chi connectivity index (χ0v) is 14.0. The zero-order valence-electron chi connectivity index (χ0n) is 14.0. The van der Waals surface area contributed by atoms with E-state index >= 15 is 0 Å². The van der Waals surface area contributed by atoms with E-state index in [9.17, 15) is 4.79 Å². The first-order chi connectivity index (χ1) is 11.6. The number of hydrogen-bond acceptors (Lipinski definition) is 4. The second kappa shape index (κ2) is 8.70. The molecule has 0 heterocycles. The topological polar surface area (TPSA) is 65.4 Å². The van der Waals surface area contributed by atoms with Gasteiger partial charge >= 0.3 is 0 Å². The summed E-state index contributed by atoms with van der Waals surface area (Å²) < 4.78 is 5.51. The first-order valence-corrected chi connectivity index (χ1v) is 7.70. The minimum Gasteiger partial charge on any atom is -0.484 e. The number of carbonyl (C=O) groups is 1. The van der Waals surface area contributed by atoms with Crippen LogP contribution in [0.2, 0.25) is 0 Å². The fraction of sp³-hybridized carbons (Fsp3) is 0.263. The lowest BCUT2D eigenvalue weighted by Gasteiger charge is -2.12. The van der Waals surface area contributed by atoms with Gasteiger partial charge < -0.3 is 15.0 Å². The molecule has 0 aliphatic rings. The van der Waals surface area contributed by atoms with Crippen LogP contribution < -0.4 is 10.1 Å². The number of nitrogens with zero attached hydrogens (tertiary/aromatic N) is 2. The second-order valence-corrected chi connectivity index (χ2v) is 5.64. The normalized spacial score (nSPS) is 10.0. The molecule has 2 aromatic carbocycles. The molecule has 2 rings (SSSR count). The van der Waals surface area contributed by atoms with E-state index in [2.05, 4.69) is 11.4 Å². The average molecular weight is 323 g/mol. The van der Waals surface area contributed by atoms with Gasteiger partial charge in [-0.2, -0.15) is 5.26 Å². The number of hydrogen-bond donors (Lipinski definition) is 1. The molecule has 0 unspecified atom stereocenters. The molecule has 5 heteroatoms. The van der Waals surface area contributed by atoms with Crippen LogP contribution in [0.25, 0.3) is 0 Å². The lowest BCUT2D eigenvalue weighted by atomic mass is 10.1. The Morgan fingerprint density at radius 3 is 2.50 bits per heavy atom. The van der Waals surface area contributed by atoms with Gasteiger partial charge in [-0.3, -0.25) is 4.79 Å². The summed E-state index contributed by atoms with van der Waals surface area (Å²) in [5.74, 6) is 0.613. The fourth-order valence-electron chi connectivity index (χ4n) is 2.07. The minimum absolute atomic E-state index is 0.0368. The maximum absolute atomic E-state index is 11.5. The van der Waals surface area contributed by atoms with Gasteiger partial charge in [0, 0.05) is 27.2 Å². The van der Waals surface area contributed by atoms with E-state index in [0.717, 1.165) is 17.7 Å². The molecule has 0 fully saturated rings. The number of nitriles is 1. The summed E-state index contributed by atoms with van der Waals surface area (Å²) in [6, 6.07) is 17.3. The highest BCUT2D eigenvalue weighted by Crippen LogP contribution is 2.13. The zero-order chi connectivity index (χ0) is 17.4. The molecule has 0 bridgehead atoms. The van der Waals surface area contributed by atoms with Gasteiger partial charge in [-0.1, -0.05) is 24.3 Å². The monoisotopic (exact) mass is 323 g/mol. The van der Waals surface area contributed by atoms with Crippen LogP contribution in [0.4, 0.5) is 0 Å². The molecule has 0 aliphatic heterocycles. The number of nitrogens with one attached hydrogen (secondary N) is 1. The predicted octanol–water partition coefficient (Wildman–Crippen LogP) is 2.32. The van der Waals surface area contributed by atoms with E-state index < -0.39 is 0 Å². The Labute approximate surface area is 142 Å². The molecule has 0 atom stereocenters. The Morgan fingerprint density at radius 1 is 1.12 bits per heavy atom. The van der Waals surface area contributed by atoms with Crippen LogP contribution in [0.5, 0.6) is 5.75 Å². The summed E-state index contributed by atoms with van der Waals surface area (Å²) in [7, 11) is 3.41. The molecule has 0 aromatic heterocycles. The van der Waals surface area contributed by atoms with Crippen molar-refractivity contribution in [3.8, 4) is 11.8 Å². The van der Waals surface area contributed by atoms with Crippen molar-refractivity contribution < 1.29 is 9.53 Å². The summed E-state index contributed by atoms with van der Waals surface area (Å²) in [5.41, 5.74) is 2.87. The van der Waals surface area contributed by atoms with E-state index in [0.29, 0.717) is 17.9 Å². The molecular formula is C19H21N3O2. The summed E-state index contributed by atoms with van der Waals surface area (Å²) in [5, 5.41) is 12.1. The van der Waals surface area contributed by atoms with E-state index in [4.69, 9.17) is 10.00 Å². The fourth-order valence-corrected chi connectivity index (χ4v) is 2.07. The molecule has 5 nitrogen and oxygen atoms in total. The Balaban J connectivity index is 1.83. The molecule has 0 aliphatic carbocycles. The van der Waals surface area contributed by atoms with Crippen LogP contribution in [0.3, 0.4) is 0 Å². The van der Waals surface area contributed by atoms with Crippen LogP contribution in [-0.4, -0.2) is 31.5 Å². The highest BCUT2D eigenvalue weighted by atomic mass is 16.5. The van der Waals surface area contributed by atoms with Gasteiger partial charge in [0.1, 0.15) is 5.75 Å². The van der Waals surface area contributed by atoms with E-state index in [1.807, 2.05) is 48.5 Å². The smallest absolute Gasteiger partial charge is 0.259 e. The molecule has 2 aromatic rings. The number of benzene rings is 2. The van der Waals surface area contributed by atoms with Crippen LogP contribution in [0, 0.1) is 11.3 Å². The van der Waals surface area contributed by atoms with Crippen molar-refractivity contribution in [2.45, 2.75) is 13.1 Å². The van der Waals surface area contributed by atoms with Crippen molar-refractivity contribution in [3.63, 3.8) is 0 Å². The first kappa shape index (κ1) is 17.5. The minimum atomic E-state index is -0.0701. The average Bonchev–Trinajstić information content (AvgIpc) is 2.60. The SMILES string of the molecule is CN(C)C(=O)COc1cccc(CNCc2ccc(C#N)cc2)c1. The third kappa shape index (κ3) is 5.41. The van der Waals surface area contributed by atoms with Crippen molar-refractivity contribution in [1.82, 2.24) is 10.2 Å². The van der Waals surface area contributed by atoms with Crippen molar-refractivity contribution in [2.75, 3.05) is 20.7 Å². The second-order valence-electron chi connectivity index (χ2n) is 5.64. The summed E-state index contributed by atoms with van der Waals surface area (Å²) in [4.78, 5) is 13.0. The van der Waals surface area contributed by atoms with Crippen molar-refractivity contribution in [1.29, 1.82) is 5.26 Å². The standard InChI is InChI=1S/C19H21N3O2/c1-22(2)19(23)14-24-18-5-3-4-17(10-18)13-21-12-16-8-6-15(11-20)7-9-16/h3-10,21H,12-14H2,1-2H3. The number of amides is 1. The van der Waals surface area contributed by atoms with Gasteiger partial charge in [0.05, 0.1) is 11.6 Å². The maximum Gasteiger partial charge on any atom is 0.259 e. The molecule has 0 saturated heterocycles. The predicted molar refractivity (Wildman–Crippen MR) is 92.3 cm³/mol. The molecule has 0 spiro atoms. The van der Waals surface area contributed by atoms with Crippen molar-refractivity contribution in [3.05, 3.63) is 65.2 Å². The molecule has 0 radical (unpaired) electrons. The van der Waals surface area contributed by atoms with Gasteiger partial charge in [-0.05, 0) is 35.4 Å². The number of carbonyl (C=O) groups excluding carboxylic acids is 1. The van der Waals surface area contributed by atoms with E-state index in [1.165, 1.54) is 4.90 Å². The van der Waals surface area contributed by atoms with Crippen LogP contribution in [0.1, 0.15) is 16.7 Å².